The number of nitrogens with zero attached hydrogens (tertiary/aromatic N) is 3. The summed E-state index contributed by atoms with van der Waals surface area (Å²) in [6, 6.07) is 0. The molecule has 19 heavy (non-hydrogen) atoms. The van der Waals surface area contributed by atoms with Crippen LogP contribution in [0.2, 0.25) is 0 Å². The summed E-state index contributed by atoms with van der Waals surface area (Å²) in [4.78, 5) is 4.33. The van der Waals surface area contributed by atoms with Gasteiger partial charge in [-0.2, -0.15) is 5.10 Å². The van der Waals surface area contributed by atoms with Crippen molar-refractivity contribution in [3.63, 3.8) is 0 Å². The number of hydrogen-bond acceptors (Lipinski definition) is 4. The fraction of sp³-hybridized carbons (Fsp3) is 0.857. The van der Waals surface area contributed by atoms with Gasteiger partial charge in [-0.25, -0.2) is 9.67 Å². The summed E-state index contributed by atoms with van der Waals surface area (Å²) in [5.41, 5.74) is 0.0152. The minimum absolute atomic E-state index is 0.0152. The molecular formula is C14H26N4O. The van der Waals surface area contributed by atoms with Gasteiger partial charge in [0.05, 0.1) is 24.8 Å². The molecule has 108 valence electrons. The topological polar surface area (TPSA) is 52.0 Å². The molecule has 1 atom stereocenters. The van der Waals surface area contributed by atoms with Crippen LogP contribution in [0.3, 0.4) is 0 Å². The lowest BCUT2D eigenvalue weighted by molar-refractivity contribution is -0.0233. The monoisotopic (exact) mass is 266 g/mol. The zero-order valence-electron chi connectivity index (χ0n) is 12.5. The van der Waals surface area contributed by atoms with Crippen molar-refractivity contribution in [3.05, 3.63) is 12.2 Å². The highest BCUT2D eigenvalue weighted by molar-refractivity contribution is 4.87. The number of nitrogens with one attached hydrogen (secondary N) is 1. The van der Waals surface area contributed by atoms with Gasteiger partial charge in [-0.3, -0.25) is 0 Å². The molecule has 0 amide bonds. The van der Waals surface area contributed by atoms with E-state index >= 15 is 0 Å². The van der Waals surface area contributed by atoms with Gasteiger partial charge in [-0.05, 0) is 39.2 Å². The Labute approximate surface area is 115 Å². The van der Waals surface area contributed by atoms with Crippen molar-refractivity contribution in [3.8, 4) is 0 Å². The van der Waals surface area contributed by atoms with Crippen LogP contribution in [0, 0.1) is 5.92 Å². The van der Waals surface area contributed by atoms with Gasteiger partial charge in [0.1, 0.15) is 12.2 Å². The lowest BCUT2D eigenvalue weighted by Crippen LogP contribution is -2.26. The molecule has 2 rings (SSSR count). The van der Waals surface area contributed by atoms with Crippen LogP contribution in [0.5, 0.6) is 0 Å². The summed E-state index contributed by atoms with van der Waals surface area (Å²) in [7, 11) is 0. The summed E-state index contributed by atoms with van der Waals surface area (Å²) in [6.07, 6.45) is 4.12. The van der Waals surface area contributed by atoms with Crippen LogP contribution in [-0.4, -0.2) is 33.0 Å². The van der Waals surface area contributed by atoms with Gasteiger partial charge in [0, 0.05) is 0 Å². The summed E-state index contributed by atoms with van der Waals surface area (Å²) < 4.78 is 7.98. The number of rotatable bonds is 6. The summed E-state index contributed by atoms with van der Waals surface area (Å²) in [6.45, 7) is 11.3. The zero-order chi connectivity index (χ0) is 13.9. The first kappa shape index (κ1) is 14.5. The maximum absolute atomic E-state index is 6.01. The minimum atomic E-state index is 0.0152. The second-order valence-electron chi connectivity index (χ2n) is 6.42. The number of ether oxygens (including phenoxy) is 1. The molecule has 2 heterocycles. The third-order valence-electron chi connectivity index (χ3n) is 3.46. The number of aromatic nitrogens is 3. The summed E-state index contributed by atoms with van der Waals surface area (Å²) in [5, 5.41) is 7.72. The van der Waals surface area contributed by atoms with Crippen molar-refractivity contribution in [2.75, 3.05) is 6.54 Å². The van der Waals surface area contributed by atoms with E-state index in [0.717, 1.165) is 38.3 Å². The molecule has 1 unspecified atom stereocenters. The lowest BCUT2D eigenvalue weighted by atomic mass is 10.1. The summed E-state index contributed by atoms with van der Waals surface area (Å²) in [5.74, 6) is 1.64. The second-order valence-corrected chi connectivity index (χ2v) is 6.42. The van der Waals surface area contributed by atoms with Crippen molar-refractivity contribution >= 4 is 0 Å². The summed E-state index contributed by atoms with van der Waals surface area (Å²) >= 11 is 0. The lowest BCUT2D eigenvalue weighted by Gasteiger charge is -2.19. The first-order valence-electron chi connectivity index (χ1n) is 7.21. The van der Waals surface area contributed by atoms with Gasteiger partial charge in [-0.15, -0.1) is 0 Å². The molecule has 1 fully saturated rings. The quantitative estimate of drug-likeness (QED) is 0.855. The molecule has 1 saturated heterocycles. The van der Waals surface area contributed by atoms with Crippen molar-refractivity contribution in [1.82, 2.24) is 20.1 Å². The Morgan fingerprint density at radius 1 is 1.53 bits per heavy atom. The van der Waals surface area contributed by atoms with E-state index in [0.29, 0.717) is 5.92 Å². The zero-order valence-corrected chi connectivity index (χ0v) is 12.5. The van der Waals surface area contributed by atoms with E-state index in [1.165, 1.54) is 0 Å². The molecule has 1 aromatic heterocycles. The first-order valence-corrected chi connectivity index (χ1v) is 7.21. The first-order chi connectivity index (χ1) is 8.96. The fourth-order valence-corrected chi connectivity index (χ4v) is 2.45. The molecule has 0 aliphatic carbocycles. The standard InChI is InChI=1S/C14H26N4O/c1-11(2)7-15-8-13-16-10-17-18(13)9-12-5-6-14(3,4)19-12/h10-12,15H,5-9H2,1-4H3. The molecule has 5 heteroatoms. The molecule has 1 aliphatic heterocycles. The second kappa shape index (κ2) is 6.01. The Bertz CT molecular complexity index is 400. The van der Waals surface area contributed by atoms with Crippen LogP contribution < -0.4 is 5.32 Å². The van der Waals surface area contributed by atoms with Gasteiger partial charge in [0.25, 0.3) is 0 Å². The largest absolute Gasteiger partial charge is 0.370 e. The Morgan fingerprint density at radius 2 is 2.32 bits per heavy atom. The molecule has 5 nitrogen and oxygen atoms in total. The maximum Gasteiger partial charge on any atom is 0.140 e. The Balaban J connectivity index is 1.86. The molecule has 0 radical (unpaired) electrons. The Morgan fingerprint density at radius 3 is 2.95 bits per heavy atom. The predicted octanol–water partition coefficient (Wildman–Crippen LogP) is 1.98. The van der Waals surface area contributed by atoms with E-state index in [2.05, 4.69) is 43.1 Å². The molecule has 0 spiro atoms. The van der Waals surface area contributed by atoms with Crippen molar-refractivity contribution in [1.29, 1.82) is 0 Å². The van der Waals surface area contributed by atoms with Crippen LogP contribution >= 0.6 is 0 Å². The average molecular weight is 266 g/mol. The molecular weight excluding hydrogens is 240 g/mol. The van der Waals surface area contributed by atoms with E-state index in [-0.39, 0.29) is 11.7 Å². The van der Waals surface area contributed by atoms with Crippen LogP contribution in [0.25, 0.3) is 0 Å². The van der Waals surface area contributed by atoms with E-state index < -0.39 is 0 Å². The Hall–Kier alpha value is -0.940. The van der Waals surface area contributed by atoms with Gasteiger partial charge in [0.15, 0.2) is 0 Å². The SMILES string of the molecule is CC(C)CNCc1ncnn1CC1CCC(C)(C)O1. The highest BCUT2D eigenvalue weighted by Crippen LogP contribution is 2.30. The van der Waals surface area contributed by atoms with E-state index in [1.807, 2.05) is 4.68 Å². The van der Waals surface area contributed by atoms with Crippen molar-refractivity contribution in [2.24, 2.45) is 5.92 Å². The van der Waals surface area contributed by atoms with Gasteiger partial charge < -0.3 is 10.1 Å². The molecule has 0 saturated carbocycles. The molecule has 1 aromatic rings. The average Bonchev–Trinajstić information content (AvgIpc) is 2.86. The maximum atomic E-state index is 6.01. The Kier molecular flexibility index (Phi) is 4.58. The van der Waals surface area contributed by atoms with Gasteiger partial charge in [-0.1, -0.05) is 13.8 Å². The fourth-order valence-electron chi connectivity index (χ4n) is 2.45. The van der Waals surface area contributed by atoms with Crippen LogP contribution in [0.15, 0.2) is 6.33 Å². The van der Waals surface area contributed by atoms with Crippen LogP contribution in [0.4, 0.5) is 0 Å². The van der Waals surface area contributed by atoms with Crippen molar-refractivity contribution in [2.45, 2.75) is 65.3 Å². The smallest absolute Gasteiger partial charge is 0.140 e. The molecule has 1 aliphatic rings. The minimum Gasteiger partial charge on any atom is -0.370 e. The van der Waals surface area contributed by atoms with Crippen LogP contribution in [0.1, 0.15) is 46.4 Å². The van der Waals surface area contributed by atoms with E-state index in [4.69, 9.17) is 4.74 Å². The van der Waals surface area contributed by atoms with Crippen molar-refractivity contribution < 1.29 is 4.74 Å². The van der Waals surface area contributed by atoms with E-state index in [1.54, 1.807) is 6.33 Å². The highest BCUT2D eigenvalue weighted by Gasteiger charge is 2.32. The third kappa shape index (κ3) is 4.28. The van der Waals surface area contributed by atoms with Gasteiger partial charge in [0.2, 0.25) is 0 Å². The highest BCUT2D eigenvalue weighted by atomic mass is 16.5. The molecule has 1 N–H and O–H groups in total. The van der Waals surface area contributed by atoms with Gasteiger partial charge >= 0.3 is 0 Å². The normalized spacial score (nSPS) is 22.3. The third-order valence-corrected chi connectivity index (χ3v) is 3.46. The number of hydrogen-bond donors (Lipinski definition) is 1. The molecule has 0 bridgehead atoms. The molecule has 0 aromatic carbocycles. The van der Waals surface area contributed by atoms with E-state index in [9.17, 15) is 0 Å². The van der Waals surface area contributed by atoms with Crippen LogP contribution in [-0.2, 0) is 17.8 Å². The predicted molar refractivity (Wildman–Crippen MR) is 74.8 cm³/mol.